The zero-order chi connectivity index (χ0) is 12.8. The van der Waals surface area contributed by atoms with Crippen molar-refractivity contribution in [2.75, 3.05) is 20.6 Å². The summed E-state index contributed by atoms with van der Waals surface area (Å²) in [7, 11) is 4.18. The van der Waals surface area contributed by atoms with Gasteiger partial charge in [-0.25, -0.2) is 4.98 Å². The lowest BCUT2D eigenvalue weighted by Crippen LogP contribution is -2.13. The average Bonchev–Trinajstić information content (AvgIpc) is 2.78. The van der Waals surface area contributed by atoms with Gasteiger partial charge in [0.05, 0.1) is 0 Å². The first-order chi connectivity index (χ1) is 8.74. The van der Waals surface area contributed by atoms with Crippen LogP contribution in [0.15, 0.2) is 51.1 Å². The van der Waals surface area contributed by atoms with Gasteiger partial charge in [-0.15, -0.1) is 0 Å². The molecule has 3 nitrogen and oxygen atoms in total. The van der Waals surface area contributed by atoms with Crippen LogP contribution in [0, 0.1) is 0 Å². The van der Waals surface area contributed by atoms with Crippen LogP contribution in [0.25, 0.3) is 0 Å². The molecule has 0 N–H and O–H groups in total. The van der Waals surface area contributed by atoms with Crippen LogP contribution >= 0.6 is 11.8 Å². The highest BCUT2D eigenvalue weighted by Crippen LogP contribution is 2.27. The molecule has 0 spiro atoms. The molecule has 0 saturated heterocycles. The highest BCUT2D eigenvalue weighted by molar-refractivity contribution is 7.99. The highest BCUT2D eigenvalue weighted by atomic mass is 32.2. The number of hydrogen-bond donors (Lipinski definition) is 0. The topological polar surface area (TPSA) is 29.3 Å². The maximum atomic E-state index is 5.77. The molecular weight excluding hydrogens is 244 g/mol. The minimum Gasteiger partial charge on any atom is -0.454 e. The Labute approximate surface area is 112 Å². The molecule has 2 aromatic rings. The van der Waals surface area contributed by atoms with Crippen molar-refractivity contribution in [1.29, 1.82) is 0 Å². The molecule has 0 aliphatic heterocycles. The van der Waals surface area contributed by atoms with Crippen LogP contribution in [-0.2, 0) is 6.42 Å². The second-order valence-electron chi connectivity index (χ2n) is 4.40. The van der Waals surface area contributed by atoms with Crippen LogP contribution in [0.4, 0.5) is 0 Å². The SMILES string of the molecule is CN(C)CCCc1ccc(Sc2ccccn2)o1. The minimum atomic E-state index is 0.911. The summed E-state index contributed by atoms with van der Waals surface area (Å²) in [4.78, 5) is 6.45. The molecule has 2 aromatic heterocycles. The van der Waals surface area contributed by atoms with E-state index in [1.165, 1.54) is 0 Å². The van der Waals surface area contributed by atoms with Gasteiger partial charge >= 0.3 is 0 Å². The van der Waals surface area contributed by atoms with Gasteiger partial charge in [-0.2, -0.15) is 0 Å². The van der Waals surface area contributed by atoms with E-state index in [4.69, 9.17) is 4.42 Å². The molecule has 0 bridgehead atoms. The van der Waals surface area contributed by atoms with Gasteiger partial charge in [0, 0.05) is 12.6 Å². The third-order valence-electron chi connectivity index (χ3n) is 2.51. The summed E-state index contributed by atoms with van der Waals surface area (Å²) >= 11 is 1.56. The Bertz CT molecular complexity index is 468. The largest absolute Gasteiger partial charge is 0.454 e. The predicted octanol–water partition coefficient (Wildman–Crippen LogP) is 3.32. The van der Waals surface area contributed by atoms with Crippen LogP contribution < -0.4 is 0 Å². The molecule has 2 rings (SSSR count). The predicted molar refractivity (Wildman–Crippen MR) is 73.9 cm³/mol. The molecule has 4 heteroatoms. The second kappa shape index (κ2) is 6.61. The number of furan rings is 1. The van der Waals surface area contributed by atoms with Crippen molar-refractivity contribution in [2.24, 2.45) is 0 Å². The summed E-state index contributed by atoms with van der Waals surface area (Å²) < 4.78 is 5.77. The molecule has 0 aliphatic rings. The van der Waals surface area contributed by atoms with Gasteiger partial charge in [0.1, 0.15) is 10.8 Å². The standard InChI is InChI=1S/C14H18N2OS/c1-16(2)11-5-6-12-8-9-14(17-12)18-13-7-3-4-10-15-13/h3-4,7-10H,5-6,11H2,1-2H3. The number of hydrogen-bond acceptors (Lipinski definition) is 4. The second-order valence-corrected chi connectivity index (χ2v) is 5.42. The van der Waals surface area contributed by atoms with E-state index in [2.05, 4.69) is 30.0 Å². The Kier molecular flexibility index (Phi) is 4.84. The van der Waals surface area contributed by atoms with Crippen molar-refractivity contribution in [3.8, 4) is 0 Å². The van der Waals surface area contributed by atoms with Crippen LogP contribution in [0.5, 0.6) is 0 Å². The lowest BCUT2D eigenvalue weighted by molar-refractivity contribution is 0.378. The number of rotatable bonds is 6. The maximum absolute atomic E-state index is 5.77. The first kappa shape index (κ1) is 13.2. The Morgan fingerprint density at radius 2 is 2.11 bits per heavy atom. The van der Waals surface area contributed by atoms with E-state index in [0.717, 1.165) is 35.3 Å². The van der Waals surface area contributed by atoms with Gasteiger partial charge in [0.25, 0.3) is 0 Å². The Hall–Kier alpha value is -1.26. The summed E-state index contributed by atoms with van der Waals surface area (Å²) in [6.07, 6.45) is 3.90. The number of aryl methyl sites for hydroxylation is 1. The van der Waals surface area contributed by atoms with E-state index in [-0.39, 0.29) is 0 Å². The van der Waals surface area contributed by atoms with E-state index in [0.29, 0.717) is 0 Å². The molecule has 18 heavy (non-hydrogen) atoms. The van der Waals surface area contributed by atoms with Gasteiger partial charge in [0.2, 0.25) is 0 Å². The van der Waals surface area contributed by atoms with Gasteiger partial charge in [-0.3, -0.25) is 0 Å². The van der Waals surface area contributed by atoms with E-state index < -0.39 is 0 Å². The third-order valence-corrected chi connectivity index (χ3v) is 3.38. The highest BCUT2D eigenvalue weighted by Gasteiger charge is 2.04. The molecule has 0 saturated carbocycles. The maximum Gasteiger partial charge on any atom is 0.166 e. The van der Waals surface area contributed by atoms with Crippen molar-refractivity contribution in [3.63, 3.8) is 0 Å². The molecule has 2 heterocycles. The smallest absolute Gasteiger partial charge is 0.166 e. The van der Waals surface area contributed by atoms with Crippen LogP contribution in [0.2, 0.25) is 0 Å². The lowest BCUT2D eigenvalue weighted by Gasteiger charge is -2.07. The van der Waals surface area contributed by atoms with Gasteiger partial charge in [-0.1, -0.05) is 6.07 Å². The number of nitrogens with zero attached hydrogens (tertiary/aromatic N) is 2. The van der Waals surface area contributed by atoms with E-state index in [1.54, 1.807) is 18.0 Å². The van der Waals surface area contributed by atoms with Crippen molar-refractivity contribution in [2.45, 2.75) is 23.0 Å². The Morgan fingerprint density at radius 3 is 2.83 bits per heavy atom. The Morgan fingerprint density at radius 1 is 1.22 bits per heavy atom. The summed E-state index contributed by atoms with van der Waals surface area (Å²) in [6, 6.07) is 9.96. The fourth-order valence-electron chi connectivity index (χ4n) is 1.63. The van der Waals surface area contributed by atoms with Gasteiger partial charge < -0.3 is 9.32 Å². The summed E-state index contributed by atoms with van der Waals surface area (Å²) in [5.41, 5.74) is 0. The quantitative estimate of drug-likeness (QED) is 0.798. The fourth-order valence-corrected chi connectivity index (χ4v) is 2.38. The van der Waals surface area contributed by atoms with Gasteiger partial charge in [-0.05, 0) is 63.1 Å². The van der Waals surface area contributed by atoms with Crippen molar-refractivity contribution >= 4 is 11.8 Å². The lowest BCUT2D eigenvalue weighted by atomic mass is 10.2. The first-order valence-electron chi connectivity index (χ1n) is 6.06. The van der Waals surface area contributed by atoms with Crippen LogP contribution in [-0.4, -0.2) is 30.5 Å². The molecule has 0 unspecified atom stereocenters. The van der Waals surface area contributed by atoms with Crippen LogP contribution in [0.1, 0.15) is 12.2 Å². The monoisotopic (exact) mass is 262 g/mol. The Balaban J connectivity index is 1.86. The summed E-state index contributed by atoms with van der Waals surface area (Å²) in [5, 5.41) is 1.88. The fraction of sp³-hybridized carbons (Fsp3) is 0.357. The molecule has 0 radical (unpaired) electrons. The van der Waals surface area contributed by atoms with E-state index in [1.807, 2.05) is 24.3 Å². The summed E-state index contributed by atoms with van der Waals surface area (Å²) in [6.45, 7) is 1.09. The van der Waals surface area contributed by atoms with Crippen molar-refractivity contribution < 1.29 is 4.42 Å². The van der Waals surface area contributed by atoms with Crippen molar-refractivity contribution in [3.05, 3.63) is 42.3 Å². The normalized spacial score (nSPS) is 11.1. The molecule has 0 aromatic carbocycles. The number of aromatic nitrogens is 1. The van der Waals surface area contributed by atoms with Crippen molar-refractivity contribution in [1.82, 2.24) is 9.88 Å². The average molecular weight is 262 g/mol. The molecule has 0 aliphatic carbocycles. The zero-order valence-electron chi connectivity index (χ0n) is 10.8. The number of pyridine rings is 1. The molecule has 96 valence electrons. The molecule has 0 fully saturated rings. The van der Waals surface area contributed by atoms with E-state index in [9.17, 15) is 0 Å². The molecule has 0 atom stereocenters. The van der Waals surface area contributed by atoms with Gasteiger partial charge in [0.15, 0.2) is 5.09 Å². The summed E-state index contributed by atoms with van der Waals surface area (Å²) in [5.74, 6) is 1.05. The third kappa shape index (κ3) is 4.20. The van der Waals surface area contributed by atoms with E-state index >= 15 is 0 Å². The zero-order valence-corrected chi connectivity index (χ0v) is 11.6. The first-order valence-corrected chi connectivity index (χ1v) is 6.88. The molecule has 0 amide bonds. The molecular formula is C14H18N2OS. The minimum absolute atomic E-state index is 0.911. The van der Waals surface area contributed by atoms with Crippen LogP contribution in [0.3, 0.4) is 0 Å².